The van der Waals surface area contributed by atoms with Crippen LogP contribution in [0.3, 0.4) is 0 Å². The summed E-state index contributed by atoms with van der Waals surface area (Å²) in [6.45, 7) is 9.34. The van der Waals surface area contributed by atoms with Crippen LogP contribution in [0, 0.1) is 11.8 Å². The minimum Gasteiger partial charge on any atom is -0.385 e. The predicted molar refractivity (Wildman–Crippen MR) is 77.0 cm³/mol. The fourth-order valence-electron chi connectivity index (χ4n) is 1.76. The molecule has 1 unspecified atom stereocenters. The van der Waals surface area contributed by atoms with Gasteiger partial charge in [0.1, 0.15) is 0 Å². The van der Waals surface area contributed by atoms with Crippen molar-refractivity contribution in [1.82, 2.24) is 4.90 Å². The molecule has 0 aromatic rings. The lowest BCUT2D eigenvalue weighted by Crippen LogP contribution is -2.36. The molecule has 0 spiro atoms. The first kappa shape index (κ1) is 17.2. The summed E-state index contributed by atoms with van der Waals surface area (Å²) in [6.07, 6.45) is 1.08. The monoisotopic (exact) mass is 263 g/mol. The maximum absolute atomic E-state index is 5.16. The van der Waals surface area contributed by atoms with E-state index in [9.17, 15) is 0 Å². The predicted octanol–water partition coefficient (Wildman–Crippen LogP) is 2.17. The molecule has 3 nitrogen and oxygen atoms in total. The Labute approximate surface area is 112 Å². The van der Waals surface area contributed by atoms with Crippen LogP contribution in [0.5, 0.6) is 0 Å². The first-order valence-electron chi connectivity index (χ1n) is 6.46. The van der Waals surface area contributed by atoms with E-state index in [1.807, 2.05) is 0 Å². The molecule has 0 rings (SSSR count). The van der Waals surface area contributed by atoms with Gasteiger partial charge >= 0.3 is 0 Å². The lowest BCUT2D eigenvalue weighted by Gasteiger charge is -2.28. The Morgan fingerprint density at radius 1 is 1.06 bits per heavy atom. The minimum atomic E-state index is 0.651. The third kappa shape index (κ3) is 8.89. The van der Waals surface area contributed by atoms with E-state index in [1.54, 1.807) is 14.2 Å². The molecule has 0 aliphatic heterocycles. The van der Waals surface area contributed by atoms with Crippen molar-refractivity contribution in [2.75, 3.05) is 52.8 Å². The van der Waals surface area contributed by atoms with Gasteiger partial charge in [0.15, 0.2) is 0 Å². The summed E-state index contributed by atoms with van der Waals surface area (Å²) < 4.78 is 10.3. The number of thiol groups is 1. The summed E-state index contributed by atoms with van der Waals surface area (Å²) in [5, 5.41) is 0. The van der Waals surface area contributed by atoms with Crippen molar-refractivity contribution in [3.8, 4) is 0 Å². The first-order valence-corrected chi connectivity index (χ1v) is 7.10. The maximum Gasteiger partial charge on any atom is 0.0589 e. The summed E-state index contributed by atoms with van der Waals surface area (Å²) in [6, 6.07) is 0. The van der Waals surface area contributed by atoms with Crippen LogP contribution in [0.2, 0.25) is 0 Å². The molecule has 0 heterocycles. The van der Waals surface area contributed by atoms with Gasteiger partial charge in [-0.25, -0.2) is 0 Å². The van der Waals surface area contributed by atoms with Gasteiger partial charge in [0.25, 0.3) is 0 Å². The molecule has 17 heavy (non-hydrogen) atoms. The van der Waals surface area contributed by atoms with E-state index in [-0.39, 0.29) is 0 Å². The largest absolute Gasteiger partial charge is 0.385 e. The highest BCUT2D eigenvalue weighted by atomic mass is 32.1. The number of nitrogens with zero attached hydrogens (tertiary/aromatic N) is 1. The molecule has 0 N–H and O–H groups in total. The summed E-state index contributed by atoms with van der Waals surface area (Å²) in [5.74, 6) is 2.28. The highest BCUT2D eigenvalue weighted by Crippen LogP contribution is 2.14. The summed E-state index contributed by atoms with van der Waals surface area (Å²) in [7, 11) is 3.51. The van der Waals surface area contributed by atoms with Crippen LogP contribution >= 0.6 is 12.6 Å². The molecule has 0 aromatic heterocycles. The van der Waals surface area contributed by atoms with Crippen LogP contribution in [0.25, 0.3) is 0 Å². The van der Waals surface area contributed by atoms with E-state index in [4.69, 9.17) is 9.47 Å². The second-order valence-corrected chi connectivity index (χ2v) is 5.19. The molecule has 0 amide bonds. The van der Waals surface area contributed by atoms with E-state index in [1.165, 1.54) is 0 Å². The van der Waals surface area contributed by atoms with Crippen molar-refractivity contribution in [2.45, 2.75) is 20.3 Å². The Hall–Kier alpha value is 0.230. The third-order valence-corrected chi connectivity index (χ3v) is 3.57. The molecule has 0 aliphatic carbocycles. The molecule has 0 aromatic carbocycles. The average molecular weight is 263 g/mol. The standard InChI is InChI=1S/C13H29NO2S/c1-12(2)13(11-17)10-14(7-9-16-4)6-5-8-15-3/h12-13,17H,5-11H2,1-4H3. The smallest absolute Gasteiger partial charge is 0.0589 e. The van der Waals surface area contributed by atoms with Crippen molar-refractivity contribution in [1.29, 1.82) is 0 Å². The molecular weight excluding hydrogens is 234 g/mol. The molecule has 1 atom stereocenters. The van der Waals surface area contributed by atoms with Crippen LogP contribution in [0.15, 0.2) is 0 Å². The van der Waals surface area contributed by atoms with Crippen LogP contribution in [0.4, 0.5) is 0 Å². The van der Waals surface area contributed by atoms with Crippen LogP contribution < -0.4 is 0 Å². The molecule has 0 bridgehead atoms. The normalized spacial score (nSPS) is 13.6. The van der Waals surface area contributed by atoms with Gasteiger partial charge in [0.2, 0.25) is 0 Å². The van der Waals surface area contributed by atoms with Gasteiger partial charge in [0, 0.05) is 40.5 Å². The zero-order valence-electron chi connectivity index (χ0n) is 11.8. The van der Waals surface area contributed by atoms with Crippen LogP contribution in [-0.4, -0.2) is 57.7 Å². The van der Waals surface area contributed by atoms with Crippen molar-refractivity contribution in [3.05, 3.63) is 0 Å². The molecule has 0 radical (unpaired) electrons. The zero-order valence-corrected chi connectivity index (χ0v) is 12.7. The third-order valence-electron chi connectivity index (χ3n) is 3.10. The second kappa shape index (κ2) is 11.3. The highest BCUT2D eigenvalue weighted by molar-refractivity contribution is 7.80. The Morgan fingerprint density at radius 3 is 2.18 bits per heavy atom. The quantitative estimate of drug-likeness (QED) is 0.456. The number of methoxy groups -OCH3 is 2. The van der Waals surface area contributed by atoms with Crippen molar-refractivity contribution in [2.24, 2.45) is 11.8 Å². The Kier molecular flexibility index (Phi) is 11.5. The molecule has 0 fully saturated rings. The molecule has 104 valence electrons. The number of rotatable bonds is 11. The van der Waals surface area contributed by atoms with Gasteiger partial charge in [0.05, 0.1) is 6.61 Å². The average Bonchev–Trinajstić information content (AvgIpc) is 2.31. The topological polar surface area (TPSA) is 21.7 Å². The maximum atomic E-state index is 5.16. The SMILES string of the molecule is COCCCN(CCOC)CC(CS)C(C)C. The van der Waals surface area contributed by atoms with Gasteiger partial charge in [-0.05, 0) is 24.0 Å². The lowest BCUT2D eigenvalue weighted by molar-refractivity contribution is 0.119. The van der Waals surface area contributed by atoms with Crippen LogP contribution in [-0.2, 0) is 9.47 Å². The molecule has 0 aliphatic rings. The van der Waals surface area contributed by atoms with Crippen molar-refractivity contribution >= 4 is 12.6 Å². The van der Waals surface area contributed by atoms with Crippen molar-refractivity contribution in [3.63, 3.8) is 0 Å². The number of hydrogen-bond acceptors (Lipinski definition) is 4. The fraction of sp³-hybridized carbons (Fsp3) is 1.00. The van der Waals surface area contributed by atoms with Crippen LogP contribution in [0.1, 0.15) is 20.3 Å². The minimum absolute atomic E-state index is 0.651. The second-order valence-electron chi connectivity index (χ2n) is 4.83. The van der Waals surface area contributed by atoms with Gasteiger partial charge in [-0.2, -0.15) is 12.6 Å². The van der Waals surface area contributed by atoms with E-state index in [0.717, 1.165) is 45.0 Å². The number of hydrogen-bond donors (Lipinski definition) is 1. The Balaban J connectivity index is 4.05. The fourth-order valence-corrected chi connectivity index (χ4v) is 2.30. The Bertz CT molecular complexity index is 167. The molecule has 0 saturated heterocycles. The van der Waals surface area contributed by atoms with Crippen molar-refractivity contribution < 1.29 is 9.47 Å². The molecule has 0 saturated carbocycles. The van der Waals surface area contributed by atoms with Gasteiger partial charge in [-0.1, -0.05) is 13.8 Å². The summed E-state index contributed by atoms with van der Waals surface area (Å²) >= 11 is 4.45. The molecule has 4 heteroatoms. The molecular formula is C13H29NO2S. The summed E-state index contributed by atoms with van der Waals surface area (Å²) in [4.78, 5) is 2.46. The first-order chi connectivity index (χ1) is 8.15. The summed E-state index contributed by atoms with van der Waals surface area (Å²) in [5.41, 5.74) is 0. The van der Waals surface area contributed by atoms with Gasteiger partial charge < -0.3 is 14.4 Å². The Morgan fingerprint density at radius 2 is 1.71 bits per heavy atom. The number of ether oxygens (including phenoxy) is 2. The van der Waals surface area contributed by atoms with E-state index < -0.39 is 0 Å². The van der Waals surface area contributed by atoms with E-state index >= 15 is 0 Å². The lowest BCUT2D eigenvalue weighted by atomic mass is 9.97. The van der Waals surface area contributed by atoms with E-state index in [2.05, 4.69) is 31.4 Å². The van der Waals surface area contributed by atoms with Gasteiger partial charge in [-0.15, -0.1) is 0 Å². The van der Waals surface area contributed by atoms with E-state index in [0.29, 0.717) is 11.8 Å². The zero-order chi connectivity index (χ0) is 13.1. The highest BCUT2D eigenvalue weighted by Gasteiger charge is 2.15. The van der Waals surface area contributed by atoms with Gasteiger partial charge in [-0.3, -0.25) is 0 Å².